The lowest BCUT2D eigenvalue weighted by Crippen LogP contribution is -2.19. The second-order valence-electron chi connectivity index (χ2n) is 4.49. The Morgan fingerprint density at radius 3 is 2.47 bits per heavy atom. The number of benzene rings is 1. The van der Waals surface area contributed by atoms with E-state index < -0.39 is 23.6 Å². The smallest absolute Gasteiger partial charge is 0.324 e. The summed E-state index contributed by atoms with van der Waals surface area (Å²) in [5.74, 6) is -0.851. The van der Waals surface area contributed by atoms with Gasteiger partial charge in [0.1, 0.15) is 5.82 Å². The highest BCUT2D eigenvalue weighted by Gasteiger charge is 2.38. The van der Waals surface area contributed by atoms with E-state index in [0.717, 1.165) is 18.9 Å². The van der Waals surface area contributed by atoms with E-state index in [9.17, 15) is 17.6 Å². The van der Waals surface area contributed by atoms with Crippen LogP contribution in [0.1, 0.15) is 36.4 Å². The van der Waals surface area contributed by atoms with E-state index in [1.165, 1.54) is 12.1 Å². The zero-order valence-electron chi connectivity index (χ0n) is 9.10. The van der Waals surface area contributed by atoms with Crippen LogP contribution in [0.15, 0.2) is 18.2 Å². The molecule has 0 aliphatic heterocycles. The number of hydrogen-bond donors (Lipinski definition) is 1. The monoisotopic (exact) mass is 247 g/mol. The van der Waals surface area contributed by atoms with Gasteiger partial charge >= 0.3 is 6.18 Å². The maximum atomic E-state index is 13.3. The number of nitrogens with two attached hydrogens (primary N) is 1. The molecule has 2 N–H and O–H groups in total. The van der Waals surface area contributed by atoms with Gasteiger partial charge in [0.25, 0.3) is 0 Å². The van der Waals surface area contributed by atoms with E-state index in [0.29, 0.717) is 12.3 Å². The Kier molecular flexibility index (Phi) is 3.12. The lowest BCUT2D eigenvalue weighted by molar-refractivity contribution is -0.140. The molecule has 5 heteroatoms. The van der Waals surface area contributed by atoms with Crippen molar-refractivity contribution in [2.45, 2.75) is 31.5 Å². The molecule has 1 aliphatic rings. The summed E-state index contributed by atoms with van der Waals surface area (Å²) in [5, 5.41) is 0. The van der Waals surface area contributed by atoms with Crippen LogP contribution in [0.4, 0.5) is 17.6 Å². The van der Waals surface area contributed by atoms with Crippen molar-refractivity contribution >= 4 is 0 Å². The third-order valence-corrected chi connectivity index (χ3v) is 3.01. The fourth-order valence-corrected chi connectivity index (χ4v) is 1.99. The van der Waals surface area contributed by atoms with Crippen LogP contribution in [-0.4, -0.2) is 0 Å². The largest absolute Gasteiger partial charge is 0.419 e. The molecule has 1 saturated carbocycles. The average molecular weight is 247 g/mol. The normalized spacial score (nSPS) is 18.2. The molecule has 0 radical (unpaired) electrons. The van der Waals surface area contributed by atoms with Gasteiger partial charge in [0.15, 0.2) is 0 Å². The molecule has 1 atom stereocenters. The highest BCUT2D eigenvalue weighted by Crippen LogP contribution is 2.41. The van der Waals surface area contributed by atoms with E-state index in [2.05, 4.69) is 0 Å². The molecule has 0 amide bonds. The number of hydrogen-bond acceptors (Lipinski definition) is 1. The van der Waals surface area contributed by atoms with E-state index in [-0.39, 0.29) is 5.56 Å². The fourth-order valence-electron chi connectivity index (χ4n) is 1.99. The number of halogens is 4. The first kappa shape index (κ1) is 12.4. The van der Waals surface area contributed by atoms with Crippen LogP contribution in [0, 0.1) is 11.7 Å². The Bertz CT molecular complexity index is 409. The lowest BCUT2D eigenvalue weighted by atomic mass is 9.96. The first-order chi connectivity index (χ1) is 7.89. The van der Waals surface area contributed by atoms with E-state index in [1.807, 2.05) is 0 Å². The molecule has 0 unspecified atom stereocenters. The summed E-state index contributed by atoms with van der Waals surface area (Å²) in [7, 11) is 0. The summed E-state index contributed by atoms with van der Waals surface area (Å²) < 4.78 is 51.5. The molecule has 1 nitrogen and oxygen atoms in total. The van der Waals surface area contributed by atoms with Crippen molar-refractivity contribution in [3.05, 3.63) is 35.1 Å². The van der Waals surface area contributed by atoms with Crippen molar-refractivity contribution < 1.29 is 17.6 Å². The summed E-state index contributed by atoms with van der Waals surface area (Å²) in [4.78, 5) is 0. The van der Waals surface area contributed by atoms with Crippen molar-refractivity contribution in [2.24, 2.45) is 11.7 Å². The standard InChI is InChI=1S/C12H13F4N/c13-9-3-1-2-8(11(9)12(14,15)16)10(17)6-7-4-5-7/h1-3,7,10H,4-6,17H2/t10-/m0/s1. The summed E-state index contributed by atoms with van der Waals surface area (Å²) in [5.41, 5.74) is 4.39. The topological polar surface area (TPSA) is 26.0 Å². The van der Waals surface area contributed by atoms with Crippen LogP contribution >= 0.6 is 0 Å². The van der Waals surface area contributed by atoms with Crippen LogP contribution in [-0.2, 0) is 6.18 Å². The second-order valence-corrected chi connectivity index (χ2v) is 4.49. The quantitative estimate of drug-likeness (QED) is 0.811. The van der Waals surface area contributed by atoms with Crippen molar-refractivity contribution in [3.8, 4) is 0 Å². The SMILES string of the molecule is N[C@@H](CC1CC1)c1cccc(F)c1C(F)(F)F. The molecular weight excluding hydrogens is 234 g/mol. The molecule has 0 saturated heterocycles. The summed E-state index contributed by atoms with van der Waals surface area (Å²) in [6.45, 7) is 0. The molecule has 1 aliphatic carbocycles. The fraction of sp³-hybridized carbons (Fsp3) is 0.500. The van der Waals surface area contributed by atoms with Gasteiger partial charge in [-0.25, -0.2) is 4.39 Å². The molecule has 0 bridgehead atoms. The van der Waals surface area contributed by atoms with Crippen molar-refractivity contribution in [1.82, 2.24) is 0 Å². The number of alkyl halides is 3. The number of rotatable bonds is 3. The highest BCUT2D eigenvalue weighted by atomic mass is 19.4. The van der Waals surface area contributed by atoms with E-state index >= 15 is 0 Å². The summed E-state index contributed by atoms with van der Waals surface area (Å²) in [6, 6.07) is 2.61. The van der Waals surface area contributed by atoms with Crippen LogP contribution in [0.25, 0.3) is 0 Å². The molecule has 1 fully saturated rings. The Morgan fingerprint density at radius 2 is 1.94 bits per heavy atom. The average Bonchev–Trinajstić information content (AvgIpc) is 2.99. The van der Waals surface area contributed by atoms with Crippen LogP contribution in [0.5, 0.6) is 0 Å². The summed E-state index contributed by atoms with van der Waals surface area (Å²) >= 11 is 0. The first-order valence-corrected chi connectivity index (χ1v) is 5.50. The van der Waals surface area contributed by atoms with Crippen LogP contribution < -0.4 is 5.73 Å². The van der Waals surface area contributed by atoms with Crippen molar-refractivity contribution in [2.75, 3.05) is 0 Å². The predicted molar refractivity (Wildman–Crippen MR) is 55.7 cm³/mol. The molecule has 1 aromatic carbocycles. The van der Waals surface area contributed by atoms with Gasteiger partial charge in [-0.05, 0) is 24.0 Å². The Morgan fingerprint density at radius 1 is 1.29 bits per heavy atom. The van der Waals surface area contributed by atoms with Gasteiger partial charge < -0.3 is 5.73 Å². The molecule has 0 spiro atoms. The molecule has 2 rings (SSSR count). The van der Waals surface area contributed by atoms with Gasteiger partial charge in [-0.2, -0.15) is 13.2 Å². The molecule has 0 heterocycles. The van der Waals surface area contributed by atoms with E-state index in [1.54, 1.807) is 0 Å². The minimum Gasteiger partial charge on any atom is -0.324 e. The van der Waals surface area contributed by atoms with Crippen molar-refractivity contribution in [3.63, 3.8) is 0 Å². The van der Waals surface area contributed by atoms with Gasteiger partial charge in [-0.1, -0.05) is 25.0 Å². The Labute approximate surface area is 96.6 Å². The maximum absolute atomic E-state index is 13.3. The minimum absolute atomic E-state index is 0.135. The molecule has 1 aromatic rings. The Hall–Kier alpha value is -1.10. The van der Waals surface area contributed by atoms with Gasteiger partial charge in [0.2, 0.25) is 0 Å². The second kappa shape index (κ2) is 4.29. The molecular formula is C12H13F4N. The first-order valence-electron chi connectivity index (χ1n) is 5.50. The van der Waals surface area contributed by atoms with Crippen LogP contribution in [0.2, 0.25) is 0 Å². The molecule has 0 aromatic heterocycles. The zero-order valence-corrected chi connectivity index (χ0v) is 9.10. The summed E-state index contributed by atoms with van der Waals surface area (Å²) in [6.07, 6.45) is -2.19. The zero-order chi connectivity index (χ0) is 12.6. The molecule has 17 heavy (non-hydrogen) atoms. The van der Waals surface area contributed by atoms with Gasteiger partial charge in [0, 0.05) is 6.04 Å². The van der Waals surface area contributed by atoms with Gasteiger partial charge in [-0.15, -0.1) is 0 Å². The lowest BCUT2D eigenvalue weighted by Gasteiger charge is -2.18. The van der Waals surface area contributed by atoms with Crippen LogP contribution in [0.3, 0.4) is 0 Å². The minimum atomic E-state index is -4.69. The third-order valence-electron chi connectivity index (χ3n) is 3.01. The third kappa shape index (κ3) is 2.77. The molecule has 94 valence electrons. The predicted octanol–water partition coefficient (Wildman–Crippen LogP) is 3.64. The van der Waals surface area contributed by atoms with Crippen molar-refractivity contribution in [1.29, 1.82) is 0 Å². The Balaban J connectivity index is 2.34. The van der Waals surface area contributed by atoms with Gasteiger partial charge in [0.05, 0.1) is 5.56 Å². The van der Waals surface area contributed by atoms with Gasteiger partial charge in [-0.3, -0.25) is 0 Å². The maximum Gasteiger partial charge on any atom is 0.419 e. The van der Waals surface area contributed by atoms with E-state index in [4.69, 9.17) is 5.73 Å². The highest BCUT2D eigenvalue weighted by molar-refractivity contribution is 5.33.